The SMILES string of the molecule is Cc1noc(C)c1CN1CCCC1C(=O)N(C)C. The molecule has 1 aliphatic rings. The number of rotatable bonds is 3. The van der Waals surface area contributed by atoms with Crippen LogP contribution in [0.25, 0.3) is 0 Å². The van der Waals surface area contributed by atoms with Crippen LogP contribution in [0.4, 0.5) is 0 Å². The Bertz CT molecular complexity index is 420. The predicted molar refractivity (Wildman–Crippen MR) is 68.1 cm³/mol. The summed E-state index contributed by atoms with van der Waals surface area (Å²) in [5.74, 6) is 1.05. The van der Waals surface area contributed by atoms with E-state index in [0.717, 1.165) is 42.9 Å². The van der Waals surface area contributed by atoms with Crippen LogP contribution in [-0.4, -0.2) is 47.5 Å². The van der Waals surface area contributed by atoms with Gasteiger partial charge in [-0.1, -0.05) is 5.16 Å². The first-order valence-corrected chi connectivity index (χ1v) is 6.37. The lowest BCUT2D eigenvalue weighted by Crippen LogP contribution is -2.42. The number of hydrogen-bond donors (Lipinski definition) is 0. The zero-order chi connectivity index (χ0) is 13.3. The Morgan fingerprint density at radius 2 is 2.22 bits per heavy atom. The summed E-state index contributed by atoms with van der Waals surface area (Å²) in [5.41, 5.74) is 2.05. The third-order valence-corrected chi connectivity index (χ3v) is 3.63. The van der Waals surface area contributed by atoms with Crippen LogP contribution in [0.2, 0.25) is 0 Å². The number of likely N-dealkylation sites (N-methyl/N-ethyl adjacent to an activating group) is 1. The Kier molecular flexibility index (Phi) is 3.71. The molecule has 1 aliphatic heterocycles. The highest BCUT2D eigenvalue weighted by molar-refractivity contribution is 5.81. The van der Waals surface area contributed by atoms with Gasteiger partial charge in [0.15, 0.2) is 0 Å². The van der Waals surface area contributed by atoms with E-state index in [9.17, 15) is 4.79 Å². The summed E-state index contributed by atoms with van der Waals surface area (Å²) in [7, 11) is 3.63. The molecular formula is C13H21N3O2. The second-order valence-electron chi connectivity index (χ2n) is 5.16. The number of aryl methyl sites for hydroxylation is 2. The number of nitrogens with zero attached hydrogens (tertiary/aromatic N) is 3. The van der Waals surface area contributed by atoms with Crippen molar-refractivity contribution in [3.8, 4) is 0 Å². The van der Waals surface area contributed by atoms with E-state index in [1.165, 1.54) is 0 Å². The Morgan fingerprint density at radius 3 is 2.78 bits per heavy atom. The summed E-state index contributed by atoms with van der Waals surface area (Å²) < 4.78 is 5.18. The van der Waals surface area contributed by atoms with Crippen molar-refractivity contribution in [2.24, 2.45) is 0 Å². The average molecular weight is 251 g/mol. The standard InChI is InChI=1S/C13H21N3O2/c1-9-11(10(2)18-14-9)8-16-7-5-6-12(16)13(17)15(3)4/h12H,5-8H2,1-4H3. The molecular weight excluding hydrogens is 230 g/mol. The number of carbonyl (C=O) groups is 1. The molecule has 18 heavy (non-hydrogen) atoms. The summed E-state index contributed by atoms with van der Waals surface area (Å²) in [6.45, 7) is 5.60. The molecule has 2 heterocycles. The maximum absolute atomic E-state index is 12.1. The lowest BCUT2D eigenvalue weighted by Gasteiger charge is -2.25. The van der Waals surface area contributed by atoms with Crippen LogP contribution in [0, 0.1) is 13.8 Å². The van der Waals surface area contributed by atoms with E-state index in [-0.39, 0.29) is 11.9 Å². The van der Waals surface area contributed by atoms with Gasteiger partial charge in [-0.05, 0) is 33.2 Å². The van der Waals surface area contributed by atoms with Crippen LogP contribution in [0.15, 0.2) is 4.52 Å². The molecule has 1 saturated heterocycles. The molecule has 100 valence electrons. The number of likely N-dealkylation sites (tertiary alicyclic amines) is 1. The van der Waals surface area contributed by atoms with Gasteiger partial charge < -0.3 is 9.42 Å². The molecule has 0 bridgehead atoms. The van der Waals surface area contributed by atoms with E-state index in [4.69, 9.17) is 4.52 Å². The maximum Gasteiger partial charge on any atom is 0.239 e. The van der Waals surface area contributed by atoms with Crippen molar-refractivity contribution in [3.63, 3.8) is 0 Å². The zero-order valence-electron chi connectivity index (χ0n) is 11.6. The van der Waals surface area contributed by atoms with Gasteiger partial charge in [-0.15, -0.1) is 0 Å². The topological polar surface area (TPSA) is 49.6 Å². The van der Waals surface area contributed by atoms with Crippen molar-refractivity contribution < 1.29 is 9.32 Å². The van der Waals surface area contributed by atoms with Crippen LogP contribution >= 0.6 is 0 Å². The molecule has 1 unspecified atom stereocenters. The van der Waals surface area contributed by atoms with Gasteiger partial charge in [-0.2, -0.15) is 0 Å². The lowest BCUT2D eigenvalue weighted by atomic mass is 10.1. The second-order valence-corrected chi connectivity index (χ2v) is 5.16. The second kappa shape index (κ2) is 5.10. The summed E-state index contributed by atoms with van der Waals surface area (Å²) >= 11 is 0. The van der Waals surface area contributed by atoms with E-state index in [1.807, 2.05) is 27.9 Å². The highest BCUT2D eigenvalue weighted by Crippen LogP contribution is 2.23. The average Bonchev–Trinajstić information content (AvgIpc) is 2.90. The molecule has 0 N–H and O–H groups in total. The van der Waals surface area contributed by atoms with Gasteiger partial charge in [-0.25, -0.2) is 0 Å². The molecule has 0 aliphatic carbocycles. The minimum atomic E-state index is 0.00806. The monoisotopic (exact) mass is 251 g/mol. The third kappa shape index (κ3) is 2.41. The zero-order valence-corrected chi connectivity index (χ0v) is 11.6. The van der Waals surface area contributed by atoms with Gasteiger partial charge in [0, 0.05) is 26.2 Å². The van der Waals surface area contributed by atoms with Crippen molar-refractivity contribution >= 4 is 5.91 Å². The van der Waals surface area contributed by atoms with Gasteiger partial charge in [-0.3, -0.25) is 9.69 Å². The van der Waals surface area contributed by atoms with E-state index >= 15 is 0 Å². The number of carbonyl (C=O) groups excluding carboxylic acids is 1. The molecule has 1 aromatic heterocycles. The molecule has 0 aromatic carbocycles. The Hall–Kier alpha value is -1.36. The molecule has 1 amide bonds. The van der Waals surface area contributed by atoms with Crippen molar-refractivity contribution in [1.29, 1.82) is 0 Å². The first-order chi connectivity index (χ1) is 8.50. The number of amides is 1. The van der Waals surface area contributed by atoms with Crippen LogP contribution in [0.1, 0.15) is 29.9 Å². The summed E-state index contributed by atoms with van der Waals surface area (Å²) in [5, 5.41) is 3.97. The van der Waals surface area contributed by atoms with Crippen LogP contribution in [-0.2, 0) is 11.3 Å². The van der Waals surface area contributed by atoms with E-state index in [0.29, 0.717) is 0 Å². The predicted octanol–water partition coefficient (Wildman–Crippen LogP) is 1.34. The summed E-state index contributed by atoms with van der Waals surface area (Å²) in [6.07, 6.45) is 2.02. The van der Waals surface area contributed by atoms with Crippen molar-refractivity contribution in [2.75, 3.05) is 20.6 Å². The lowest BCUT2D eigenvalue weighted by molar-refractivity contribution is -0.133. The highest BCUT2D eigenvalue weighted by atomic mass is 16.5. The van der Waals surface area contributed by atoms with Crippen LogP contribution < -0.4 is 0 Å². The van der Waals surface area contributed by atoms with Crippen molar-refractivity contribution in [3.05, 3.63) is 17.0 Å². The smallest absolute Gasteiger partial charge is 0.239 e. The Labute approximate surface area is 108 Å². The molecule has 1 atom stereocenters. The highest BCUT2D eigenvalue weighted by Gasteiger charge is 2.32. The number of hydrogen-bond acceptors (Lipinski definition) is 4. The number of aromatic nitrogens is 1. The minimum absolute atomic E-state index is 0.00806. The van der Waals surface area contributed by atoms with E-state index in [1.54, 1.807) is 4.90 Å². The van der Waals surface area contributed by atoms with Gasteiger partial charge >= 0.3 is 0 Å². The Balaban J connectivity index is 2.11. The third-order valence-electron chi connectivity index (χ3n) is 3.63. The fourth-order valence-corrected chi connectivity index (χ4v) is 2.52. The molecule has 5 heteroatoms. The normalized spacial score (nSPS) is 20.3. The molecule has 1 aromatic rings. The molecule has 5 nitrogen and oxygen atoms in total. The minimum Gasteiger partial charge on any atom is -0.361 e. The first kappa shape index (κ1) is 13.1. The van der Waals surface area contributed by atoms with E-state index < -0.39 is 0 Å². The fourth-order valence-electron chi connectivity index (χ4n) is 2.52. The van der Waals surface area contributed by atoms with Gasteiger partial charge in [0.2, 0.25) is 5.91 Å². The van der Waals surface area contributed by atoms with Gasteiger partial charge in [0.25, 0.3) is 0 Å². The molecule has 0 radical (unpaired) electrons. The van der Waals surface area contributed by atoms with Crippen molar-refractivity contribution in [2.45, 2.75) is 39.3 Å². The van der Waals surface area contributed by atoms with Crippen LogP contribution in [0.3, 0.4) is 0 Å². The molecule has 1 fully saturated rings. The molecule has 0 saturated carbocycles. The Morgan fingerprint density at radius 1 is 1.50 bits per heavy atom. The molecule has 0 spiro atoms. The van der Waals surface area contributed by atoms with Gasteiger partial charge in [0.1, 0.15) is 5.76 Å². The summed E-state index contributed by atoms with van der Waals surface area (Å²) in [6, 6.07) is 0.00806. The molecule has 2 rings (SSSR count). The summed E-state index contributed by atoms with van der Waals surface area (Å²) in [4.78, 5) is 16.0. The maximum atomic E-state index is 12.1. The first-order valence-electron chi connectivity index (χ1n) is 6.37. The van der Waals surface area contributed by atoms with Gasteiger partial charge in [0.05, 0.1) is 11.7 Å². The fraction of sp³-hybridized carbons (Fsp3) is 0.692. The quantitative estimate of drug-likeness (QED) is 0.813. The van der Waals surface area contributed by atoms with Crippen LogP contribution in [0.5, 0.6) is 0 Å². The largest absolute Gasteiger partial charge is 0.361 e. The van der Waals surface area contributed by atoms with E-state index in [2.05, 4.69) is 10.1 Å². The van der Waals surface area contributed by atoms with Crippen molar-refractivity contribution in [1.82, 2.24) is 15.0 Å².